The van der Waals surface area contributed by atoms with E-state index in [-0.39, 0.29) is 17.3 Å². The molecule has 1 aromatic carbocycles. The average Bonchev–Trinajstić information content (AvgIpc) is 2.89. The van der Waals surface area contributed by atoms with E-state index in [1.807, 2.05) is 6.07 Å². The van der Waals surface area contributed by atoms with E-state index in [0.29, 0.717) is 6.54 Å². The van der Waals surface area contributed by atoms with Crippen LogP contribution in [-0.2, 0) is 12.7 Å². The number of nitrogens with one attached hydrogen (secondary N) is 1. The molecule has 0 saturated carbocycles. The van der Waals surface area contributed by atoms with Gasteiger partial charge in [0.2, 0.25) is 0 Å². The number of alkyl halides is 3. The molecule has 1 aromatic heterocycles. The molecule has 5 nitrogen and oxygen atoms in total. The lowest BCUT2D eigenvalue weighted by molar-refractivity contribution is -0.137. The second-order valence-electron chi connectivity index (χ2n) is 4.53. The number of halogens is 3. The van der Waals surface area contributed by atoms with Crippen LogP contribution in [0.3, 0.4) is 0 Å². The summed E-state index contributed by atoms with van der Waals surface area (Å²) in [6.07, 6.45) is -1.65. The predicted molar refractivity (Wildman–Crippen MR) is 69.3 cm³/mol. The Balaban J connectivity index is 2.23. The minimum absolute atomic E-state index is 0.117. The fourth-order valence-electron chi connectivity index (χ4n) is 1.90. The van der Waals surface area contributed by atoms with Crippen LogP contribution in [0.25, 0.3) is 0 Å². The van der Waals surface area contributed by atoms with Crippen LogP contribution < -0.4 is 5.32 Å². The fraction of sp³-hybridized carbons (Fsp3) is 0.308. The summed E-state index contributed by atoms with van der Waals surface area (Å²) in [5.74, 6) is 0. The number of hydrogen-bond donors (Lipinski definition) is 1. The molecule has 0 radical (unpaired) electrons. The van der Waals surface area contributed by atoms with Crippen molar-refractivity contribution >= 4 is 5.69 Å². The van der Waals surface area contributed by atoms with Crippen LogP contribution in [0.15, 0.2) is 30.9 Å². The van der Waals surface area contributed by atoms with Crippen molar-refractivity contribution < 1.29 is 13.2 Å². The van der Waals surface area contributed by atoms with Crippen molar-refractivity contribution in [3.05, 3.63) is 42.0 Å². The molecule has 0 aliphatic carbocycles. The van der Waals surface area contributed by atoms with Crippen molar-refractivity contribution in [2.24, 2.45) is 0 Å². The zero-order valence-electron chi connectivity index (χ0n) is 11.1. The minimum atomic E-state index is -4.48. The van der Waals surface area contributed by atoms with Crippen LogP contribution in [0.5, 0.6) is 0 Å². The number of anilines is 1. The first kappa shape index (κ1) is 14.8. The number of nitrogens with zero attached hydrogens (tertiary/aromatic N) is 4. The Labute approximate surface area is 119 Å². The van der Waals surface area contributed by atoms with Crippen LogP contribution in [0, 0.1) is 11.3 Å². The van der Waals surface area contributed by atoms with Gasteiger partial charge in [0.1, 0.15) is 12.7 Å². The Morgan fingerprint density at radius 2 is 2.19 bits per heavy atom. The lowest BCUT2D eigenvalue weighted by atomic mass is 10.1. The molecule has 2 aromatic rings. The van der Waals surface area contributed by atoms with Crippen molar-refractivity contribution in [1.29, 1.82) is 5.26 Å². The van der Waals surface area contributed by atoms with Gasteiger partial charge in [-0.2, -0.15) is 23.5 Å². The molecule has 110 valence electrons. The molecular formula is C13H12F3N5. The van der Waals surface area contributed by atoms with Gasteiger partial charge in [0.15, 0.2) is 0 Å². The van der Waals surface area contributed by atoms with Crippen molar-refractivity contribution in [3.8, 4) is 6.07 Å². The quantitative estimate of drug-likeness (QED) is 0.941. The first-order valence-electron chi connectivity index (χ1n) is 6.10. The van der Waals surface area contributed by atoms with Crippen LogP contribution in [0.1, 0.15) is 18.1 Å². The van der Waals surface area contributed by atoms with Gasteiger partial charge in [0.05, 0.1) is 23.7 Å². The molecule has 1 atom stereocenters. The molecule has 0 aliphatic heterocycles. The molecule has 0 amide bonds. The highest BCUT2D eigenvalue weighted by molar-refractivity contribution is 5.57. The molecule has 0 spiro atoms. The molecule has 21 heavy (non-hydrogen) atoms. The van der Waals surface area contributed by atoms with Crippen LogP contribution in [-0.4, -0.2) is 20.8 Å². The van der Waals surface area contributed by atoms with Crippen molar-refractivity contribution in [1.82, 2.24) is 14.8 Å². The topological polar surface area (TPSA) is 66.5 Å². The molecule has 0 aliphatic rings. The summed E-state index contributed by atoms with van der Waals surface area (Å²) in [7, 11) is 0. The van der Waals surface area contributed by atoms with Gasteiger partial charge in [-0.25, -0.2) is 4.98 Å². The van der Waals surface area contributed by atoms with Gasteiger partial charge in [-0.1, -0.05) is 0 Å². The van der Waals surface area contributed by atoms with E-state index < -0.39 is 11.7 Å². The number of benzene rings is 1. The first-order chi connectivity index (χ1) is 9.90. The molecule has 1 N–H and O–H groups in total. The largest absolute Gasteiger partial charge is 0.418 e. The van der Waals surface area contributed by atoms with Gasteiger partial charge in [-0.05, 0) is 25.1 Å². The predicted octanol–water partition coefficient (Wildman–Crippen LogP) is 2.67. The minimum Gasteiger partial charge on any atom is -0.380 e. The summed E-state index contributed by atoms with van der Waals surface area (Å²) < 4.78 is 40.4. The smallest absolute Gasteiger partial charge is 0.380 e. The number of hydrogen-bond acceptors (Lipinski definition) is 4. The Morgan fingerprint density at radius 3 is 2.76 bits per heavy atom. The van der Waals surface area contributed by atoms with Crippen molar-refractivity contribution in [2.45, 2.75) is 25.7 Å². The zero-order valence-corrected chi connectivity index (χ0v) is 11.1. The highest BCUT2D eigenvalue weighted by Crippen LogP contribution is 2.35. The van der Waals surface area contributed by atoms with Gasteiger partial charge in [0, 0.05) is 11.7 Å². The number of rotatable bonds is 4. The first-order valence-corrected chi connectivity index (χ1v) is 6.10. The molecule has 0 fully saturated rings. The number of nitriles is 1. The van der Waals surface area contributed by atoms with E-state index in [9.17, 15) is 13.2 Å². The summed E-state index contributed by atoms with van der Waals surface area (Å²) in [6.45, 7) is 2.08. The molecule has 0 saturated heterocycles. The van der Waals surface area contributed by atoms with E-state index in [4.69, 9.17) is 5.26 Å². The average molecular weight is 295 g/mol. The highest BCUT2D eigenvalue weighted by Gasteiger charge is 2.33. The lowest BCUT2D eigenvalue weighted by Crippen LogP contribution is -2.24. The Bertz CT molecular complexity index is 643. The summed E-state index contributed by atoms with van der Waals surface area (Å²) in [6, 6.07) is 4.76. The second-order valence-corrected chi connectivity index (χ2v) is 4.53. The van der Waals surface area contributed by atoms with Gasteiger partial charge >= 0.3 is 6.18 Å². The number of aromatic nitrogens is 3. The van der Waals surface area contributed by atoms with E-state index >= 15 is 0 Å². The van der Waals surface area contributed by atoms with Gasteiger partial charge < -0.3 is 5.32 Å². The van der Waals surface area contributed by atoms with Gasteiger partial charge in [0.25, 0.3) is 0 Å². The second kappa shape index (κ2) is 5.83. The molecule has 2 rings (SSSR count). The van der Waals surface area contributed by atoms with Crippen molar-refractivity contribution in [2.75, 3.05) is 5.32 Å². The summed E-state index contributed by atoms with van der Waals surface area (Å²) in [5.41, 5.74) is -0.750. The third-order valence-electron chi connectivity index (χ3n) is 2.78. The van der Waals surface area contributed by atoms with Gasteiger partial charge in [-0.3, -0.25) is 4.68 Å². The van der Waals surface area contributed by atoms with E-state index in [0.717, 1.165) is 12.1 Å². The molecule has 1 heterocycles. The summed E-state index contributed by atoms with van der Waals surface area (Å²) >= 11 is 0. The van der Waals surface area contributed by atoms with E-state index in [1.165, 1.54) is 23.4 Å². The standard InChI is InChI=1S/C13H12F3N5/c1-9(6-21-8-18-7-19-21)20-12-4-10(5-17)2-3-11(12)13(14,15)16/h2-4,7-9,20H,6H2,1H3. The maximum Gasteiger partial charge on any atom is 0.418 e. The van der Waals surface area contributed by atoms with Crippen LogP contribution >= 0.6 is 0 Å². The third-order valence-corrected chi connectivity index (χ3v) is 2.78. The van der Waals surface area contributed by atoms with Crippen LogP contribution in [0.2, 0.25) is 0 Å². The molecule has 8 heteroatoms. The molecule has 0 bridgehead atoms. The Kier molecular flexibility index (Phi) is 4.12. The summed E-state index contributed by atoms with van der Waals surface area (Å²) in [4.78, 5) is 3.77. The summed E-state index contributed by atoms with van der Waals surface area (Å²) in [5, 5.41) is 15.5. The molecule has 1 unspecified atom stereocenters. The fourth-order valence-corrected chi connectivity index (χ4v) is 1.90. The van der Waals surface area contributed by atoms with Crippen LogP contribution in [0.4, 0.5) is 18.9 Å². The van der Waals surface area contributed by atoms with E-state index in [1.54, 1.807) is 6.92 Å². The normalized spacial score (nSPS) is 12.7. The van der Waals surface area contributed by atoms with E-state index in [2.05, 4.69) is 15.4 Å². The highest BCUT2D eigenvalue weighted by atomic mass is 19.4. The Morgan fingerprint density at radius 1 is 1.43 bits per heavy atom. The maximum absolute atomic E-state index is 13.0. The SMILES string of the molecule is CC(Cn1cncn1)Nc1cc(C#N)ccc1C(F)(F)F. The zero-order chi connectivity index (χ0) is 15.5. The maximum atomic E-state index is 13.0. The monoisotopic (exact) mass is 295 g/mol. The van der Waals surface area contributed by atoms with Gasteiger partial charge in [-0.15, -0.1) is 0 Å². The van der Waals surface area contributed by atoms with Crippen molar-refractivity contribution in [3.63, 3.8) is 0 Å². The molecular weight excluding hydrogens is 283 g/mol. The lowest BCUT2D eigenvalue weighted by Gasteiger charge is -2.19. The third kappa shape index (κ3) is 3.72. The Hall–Kier alpha value is -2.56.